The third-order valence-corrected chi connectivity index (χ3v) is 3.68. The zero-order chi connectivity index (χ0) is 14.0. The number of aryl methyl sites for hydroxylation is 1. The molecule has 0 bridgehead atoms. The van der Waals surface area contributed by atoms with Gasteiger partial charge < -0.3 is 5.32 Å². The zero-order valence-corrected chi connectivity index (χ0v) is 11.3. The Morgan fingerprint density at radius 1 is 1.21 bits per heavy atom. The molecular weight excluding hydrogens is 273 g/mol. The van der Waals surface area contributed by atoms with Crippen molar-refractivity contribution >= 4 is 16.5 Å². The molecular formula is C13H13F3N2S. The van der Waals surface area contributed by atoms with Gasteiger partial charge in [0.15, 0.2) is 5.13 Å². The summed E-state index contributed by atoms with van der Waals surface area (Å²) in [4.78, 5) is 3.06. The van der Waals surface area contributed by atoms with Crippen LogP contribution in [0.25, 0.3) is 0 Å². The van der Waals surface area contributed by atoms with Gasteiger partial charge in [-0.2, -0.15) is 13.2 Å². The predicted molar refractivity (Wildman–Crippen MR) is 70.3 cm³/mol. The van der Waals surface area contributed by atoms with E-state index in [1.54, 1.807) is 0 Å². The van der Waals surface area contributed by atoms with Gasteiger partial charge in [-0.15, -0.1) is 0 Å². The van der Waals surface area contributed by atoms with E-state index in [-0.39, 0.29) is 11.2 Å². The minimum atomic E-state index is -4.33. The van der Waals surface area contributed by atoms with Gasteiger partial charge in [-0.25, -0.2) is 4.98 Å². The highest BCUT2D eigenvalue weighted by Crippen LogP contribution is 2.35. The second kappa shape index (κ2) is 5.21. The quantitative estimate of drug-likeness (QED) is 0.888. The molecule has 1 heterocycles. The third kappa shape index (κ3) is 3.47. The van der Waals surface area contributed by atoms with Gasteiger partial charge in [0.05, 0.1) is 12.2 Å². The highest BCUT2D eigenvalue weighted by Gasteiger charge is 2.33. The van der Waals surface area contributed by atoms with Gasteiger partial charge in [0.1, 0.15) is 4.88 Å². The van der Waals surface area contributed by atoms with Crippen LogP contribution in [0, 0.1) is 6.92 Å². The number of alkyl halides is 3. The van der Waals surface area contributed by atoms with Crippen LogP contribution in [0.3, 0.4) is 0 Å². The van der Waals surface area contributed by atoms with E-state index in [0.717, 1.165) is 17.3 Å². The lowest BCUT2D eigenvalue weighted by Gasteiger charge is -2.13. The van der Waals surface area contributed by atoms with Crippen LogP contribution in [0.1, 0.15) is 29.0 Å². The van der Waals surface area contributed by atoms with E-state index in [1.165, 1.54) is 0 Å². The SMILES string of the molecule is Cc1ccc(C(C)Nc2ncc(C(F)(F)F)s2)cc1. The standard InChI is InChI=1S/C13H13F3N2S/c1-8-3-5-10(6-4-8)9(2)18-12-17-7-11(19-12)13(14,15)16/h3-7,9H,1-2H3,(H,17,18). The maximum atomic E-state index is 12.4. The number of thiazole rings is 1. The second-order valence-electron chi connectivity index (χ2n) is 4.30. The first-order chi connectivity index (χ1) is 8.86. The fourth-order valence-corrected chi connectivity index (χ4v) is 2.37. The Morgan fingerprint density at radius 2 is 1.84 bits per heavy atom. The number of hydrogen-bond acceptors (Lipinski definition) is 3. The number of benzene rings is 1. The fraction of sp³-hybridized carbons (Fsp3) is 0.308. The predicted octanol–water partition coefficient (Wildman–Crippen LogP) is 4.64. The van der Waals surface area contributed by atoms with Gasteiger partial charge >= 0.3 is 6.18 Å². The van der Waals surface area contributed by atoms with Crippen LogP contribution in [0.5, 0.6) is 0 Å². The molecule has 0 radical (unpaired) electrons. The molecule has 0 aliphatic carbocycles. The summed E-state index contributed by atoms with van der Waals surface area (Å²) in [5.41, 5.74) is 2.15. The molecule has 102 valence electrons. The van der Waals surface area contributed by atoms with E-state index < -0.39 is 11.1 Å². The number of rotatable bonds is 3. The molecule has 0 spiro atoms. The lowest BCUT2D eigenvalue weighted by molar-refractivity contribution is -0.134. The highest BCUT2D eigenvalue weighted by molar-refractivity contribution is 7.15. The van der Waals surface area contributed by atoms with Crippen LogP contribution in [0.2, 0.25) is 0 Å². The van der Waals surface area contributed by atoms with Crippen molar-refractivity contribution in [2.75, 3.05) is 5.32 Å². The molecule has 0 aliphatic heterocycles. The molecule has 1 atom stereocenters. The first kappa shape index (κ1) is 13.9. The fourth-order valence-electron chi connectivity index (χ4n) is 1.60. The largest absolute Gasteiger partial charge is 0.427 e. The number of aromatic nitrogens is 1. The van der Waals surface area contributed by atoms with E-state index >= 15 is 0 Å². The molecule has 1 unspecified atom stereocenters. The molecule has 1 aromatic carbocycles. The summed E-state index contributed by atoms with van der Waals surface area (Å²) in [5.74, 6) is 0. The monoisotopic (exact) mass is 286 g/mol. The number of halogens is 3. The summed E-state index contributed by atoms with van der Waals surface area (Å²) in [7, 11) is 0. The molecule has 0 fully saturated rings. The van der Waals surface area contributed by atoms with E-state index in [4.69, 9.17) is 0 Å². The summed E-state index contributed by atoms with van der Waals surface area (Å²) >= 11 is 0.619. The van der Waals surface area contributed by atoms with Crippen LogP contribution < -0.4 is 5.32 Å². The summed E-state index contributed by atoms with van der Waals surface area (Å²) in [5, 5.41) is 3.26. The molecule has 1 aromatic heterocycles. The Labute approximate surface area is 113 Å². The molecule has 0 aliphatic rings. The Morgan fingerprint density at radius 3 is 2.37 bits per heavy atom. The molecule has 2 aromatic rings. The van der Waals surface area contributed by atoms with E-state index in [9.17, 15) is 13.2 Å². The molecule has 0 amide bonds. The van der Waals surface area contributed by atoms with Crippen molar-refractivity contribution in [1.82, 2.24) is 4.98 Å². The number of hydrogen-bond donors (Lipinski definition) is 1. The summed E-state index contributed by atoms with van der Waals surface area (Å²) in [6, 6.07) is 7.75. The lowest BCUT2D eigenvalue weighted by Crippen LogP contribution is -2.06. The van der Waals surface area contributed by atoms with Gasteiger partial charge in [-0.05, 0) is 19.4 Å². The Bertz CT molecular complexity index is 546. The molecule has 19 heavy (non-hydrogen) atoms. The summed E-state index contributed by atoms with van der Waals surface area (Å²) in [6.45, 7) is 3.87. The van der Waals surface area contributed by atoms with Crippen molar-refractivity contribution < 1.29 is 13.2 Å². The molecule has 2 rings (SSSR count). The maximum absolute atomic E-state index is 12.4. The first-order valence-corrected chi connectivity index (χ1v) is 6.54. The molecule has 2 nitrogen and oxygen atoms in total. The number of anilines is 1. The smallest absolute Gasteiger partial charge is 0.355 e. The molecule has 6 heteroatoms. The van der Waals surface area contributed by atoms with Crippen LogP contribution in [-0.4, -0.2) is 4.98 Å². The first-order valence-electron chi connectivity index (χ1n) is 5.72. The number of nitrogens with zero attached hydrogens (tertiary/aromatic N) is 1. The molecule has 0 saturated heterocycles. The Balaban J connectivity index is 2.08. The van der Waals surface area contributed by atoms with E-state index in [2.05, 4.69) is 10.3 Å². The van der Waals surface area contributed by atoms with Crippen molar-refractivity contribution in [2.24, 2.45) is 0 Å². The van der Waals surface area contributed by atoms with Gasteiger partial charge in [0, 0.05) is 0 Å². The minimum Gasteiger partial charge on any atom is -0.355 e. The highest BCUT2D eigenvalue weighted by atomic mass is 32.1. The van der Waals surface area contributed by atoms with Gasteiger partial charge in [-0.1, -0.05) is 41.2 Å². The lowest BCUT2D eigenvalue weighted by atomic mass is 10.1. The van der Waals surface area contributed by atoms with Crippen molar-refractivity contribution in [3.05, 3.63) is 46.5 Å². The van der Waals surface area contributed by atoms with Crippen molar-refractivity contribution in [1.29, 1.82) is 0 Å². The third-order valence-electron chi connectivity index (χ3n) is 2.70. The topological polar surface area (TPSA) is 24.9 Å². The van der Waals surface area contributed by atoms with Crippen LogP contribution >= 0.6 is 11.3 Å². The molecule has 0 saturated carbocycles. The van der Waals surface area contributed by atoms with Crippen molar-refractivity contribution in [3.8, 4) is 0 Å². The van der Waals surface area contributed by atoms with Gasteiger partial charge in [0.25, 0.3) is 0 Å². The average molecular weight is 286 g/mol. The minimum absolute atomic E-state index is 0.0900. The van der Waals surface area contributed by atoms with Crippen LogP contribution in [0.4, 0.5) is 18.3 Å². The zero-order valence-electron chi connectivity index (χ0n) is 10.5. The van der Waals surface area contributed by atoms with Gasteiger partial charge in [-0.3, -0.25) is 0 Å². The normalized spacial score (nSPS) is 13.3. The van der Waals surface area contributed by atoms with Crippen molar-refractivity contribution in [2.45, 2.75) is 26.1 Å². The summed E-state index contributed by atoms with van der Waals surface area (Å²) in [6.07, 6.45) is -3.47. The Hall–Kier alpha value is -1.56. The maximum Gasteiger partial charge on any atom is 0.427 e. The Kier molecular flexibility index (Phi) is 3.80. The average Bonchev–Trinajstić information content (AvgIpc) is 2.78. The van der Waals surface area contributed by atoms with Crippen LogP contribution in [0.15, 0.2) is 30.5 Å². The summed E-state index contributed by atoms with van der Waals surface area (Å²) < 4.78 is 37.3. The number of nitrogens with one attached hydrogen (secondary N) is 1. The van der Waals surface area contributed by atoms with Gasteiger partial charge in [0.2, 0.25) is 0 Å². The second-order valence-corrected chi connectivity index (χ2v) is 5.33. The van der Waals surface area contributed by atoms with Crippen LogP contribution in [-0.2, 0) is 6.18 Å². The van der Waals surface area contributed by atoms with Crippen molar-refractivity contribution in [3.63, 3.8) is 0 Å². The molecule has 1 N–H and O–H groups in total. The van der Waals surface area contributed by atoms with E-state index in [0.29, 0.717) is 11.3 Å². The van der Waals surface area contributed by atoms with E-state index in [1.807, 2.05) is 38.1 Å².